The zero-order valence-corrected chi connectivity index (χ0v) is 14.5. The normalized spacial score (nSPS) is 17.5. The second-order valence-corrected chi connectivity index (χ2v) is 6.78. The summed E-state index contributed by atoms with van der Waals surface area (Å²) in [5.74, 6) is 0.630. The predicted octanol–water partition coefficient (Wildman–Crippen LogP) is 4.38. The highest BCUT2D eigenvalue weighted by atomic mass is 35.5. The molecule has 24 heavy (non-hydrogen) atoms. The minimum atomic E-state index is 0.0389. The van der Waals surface area contributed by atoms with Crippen molar-refractivity contribution in [3.05, 3.63) is 64.7 Å². The van der Waals surface area contributed by atoms with E-state index in [1.54, 1.807) is 0 Å². The van der Waals surface area contributed by atoms with Gasteiger partial charge in [-0.15, -0.1) is 0 Å². The first-order valence-corrected chi connectivity index (χ1v) is 8.93. The van der Waals surface area contributed by atoms with Gasteiger partial charge in [0.15, 0.2) is 0 Å². The molecule has 1 atom stereocenters. The van der Waals surface area contributed by atoms with Crippen molar-refractivity contribution in [2.75, 3.05) is 18.4 Å². The molecule has 2 N–H and O–H groups in total. The Hall–Kier alpha value is -1.84. The lowest BCUT2D eigenvalue weighted by atomic mass is 9.92. The van der Waals surface area contributed by atoms with E-state index in [0.29, 0.717) is 12.3 Å². The number of amides is 1. The van der Waals surface area contributed by atoms with Gasteiger partial charge in [-0.25, -0.2) is 0 Å². The minimum absolute atomic E-state index is 0.0389. The number of carbonyl (C=O) groups excluding carboxylic acids is 1. The van der Waals surface area contributed by atoms with E-state index in [1.165, 1.54) is 18.4 Å². The number of piperidine rings is 1. The molecule has 1 aliphatic heterocycles. The Kier molecular flexibility index (Phi) is 5.89. The third-order valence-corrected chi connectivity index (χ3v) is 4.77. The van der Waals surface area contributed by atoms with Crippen molar-refractivity contribution in [3.8, 4) is 0 Å². The number of hydrogen-bond donors (Lipinski definition) is 2. The van der Waals surface area contributed by atoms with E-state index in [2.05, 4.69) is 22.8 Å². The molecule has 0 radical (unpaired) electrons. The van der Waals surface area contributed by atoms with E-state index in [0.717, 1.165) is 35.8 Å². The molecule has 0 aliphatic carbocycles. The Morgan fingerprint density at radius 1 is 1.12 bits per heavy atom. The van der Waals surface area contributed by atoms with Crippen molar-refractivity contribution in [1.82, 2.24) is 5.32 Å². The molecule has 1 saturated heterocycles. The van der Waals surface area contributed by atoms with Crippen molar-refractivity contribution in [2.45, 2.75) is 31.6 Å². The van der Waals surface area contributed by atoms with E-state index >= 15 is 0 Å². The molecule has 1 heterocycles. The minimum Gasteiger partial charge on any atom is -0.326 e. The second-order valence-electron chi connectivity index (χ2n) is 6.34. The number of anilines is 1. The van der Waals surface area contributed by atoms with Crippen LogP contribution in [0.2, 0.25) is 5.02 Å². The van der Waals surface area contributed by atoms with Gasteiger partial charge in [-0.3, -0.25) is 4.79 Å². The van der Waals surface area contributed by atoms with Gasteiger partial charge < -0.3 is 10.6 Å². The van der Waals surface area contributed by atoms with E-state index in [4.69, 9.17) is 11.6 Å². The van der Waals surface area contributed by atoms with Gasteiger partial charge in [0.2, 0.25) is 5.91 Å². The molecule has 126 valence electrons. The van der Waals surface area contributed by atoms with E-state index < -0.39 is 0 Å². The Morgan fingerprint density at radius 2 is 1.88 bits per heavy atom. The van der Waals surface area contributed by atoms with E-state index in [9.17, 15) is 4.79 Å². The third kappa shape index (κ3) is 4.83. The van der Waals surface area contributed by atoms with Crippen LogP contribution in [0.5, 0.6) is 0 Å². The zero-order chi connectivity index (χ0) is 16.8. The summed E-state index contributed by atoms with van der Waals surface area (Å²) in [5, 5.41) is 7.13. The van der Waals surface area contributed by atoms with Crippen molar-refractivity contribution in [1.29, 1.82) is 0 Å². The maximum atomic E-state index is 12.1. The van der Waals surface area contributed by atoms with Crippen molar-refractivity contribution < 1.29 is 4.79 Å². The Balaban J connectivity index is 1.49. The molecule has 1 aliphatic rings. The van der Waals surface area contributed by atoms with E-state index in [-0.39, 0.29) is 5.91 Å². The molecular formula is C20H23ClN2O. The molecule has 0 spiro atoms. The fourth-order valence-electron chi connectivity index (χ4n) is 3.11. The number of nitrogens with one attached hydrogen (secondary N) is 2. The molecule has 0 saturated carbocycles. The molecule has 2 aromatic carbocycles. The van der Waals surface area contributed by atoms with Crippen LogP contribution in [0.3, 0.4) is 0 Å². The number of hydrogen-bond acceptors (Lipinski definition) is 2. The predicted molar refractivity (Wildman–Crippen MR) is 99.7 cm³/mol. The first-order valence-electron chi connectivity index (χ1n) is 8.56. The lowest BCUT2D eigenvalue weighted by Crippen LogP contribution is -2.28. The van der Waals surface area contributed by atoms with Crippen LogP contribution in [0.25, 0.3) is 0 Å². The molecule has 0 aromatic heterocycles. The molecule has 3 nitrogen and oxygen atoms in total. The van der Waals surface area contributed by atoms with Crippen LogP contribution in [-0.2, 0) is 11.2 Å². The van der Waals surface area contributed by atoms with Crippen molar-refractivity contribution in [3.63, 3.8) is 0 Å². The molecule has 1 amide bonds. The molecule has 0 unspecified atom stereocenters. The first-order chi connectivity index (χ1) is 11.7. The van der Waals surface area contributed by atoms with Crippen LogP contribution < -0.4 is 10.6 Å². The summed E-state index contributed by atoms with van der Waals surface area (Å²) in [6.45, 7) is 2.17. The number of halogens is 1. The lowest BCUT2D eigenvalue weighted by Gasteiger charge is -2.23. The largest absolute Gasteiger partial charge is 0.326 e. The van der Waals surface area contributed by atoms with Crippen LogP contribution in [0, 0.1) is 0 Å². The van der Waals surface area contributed by atoms with Crippen LogP contribution >= 0.6 is 11.6 Å². The summed E-state index contributed by atoms with van der Waals surface area (Å²) < 4.78 is 0. The van der Waals surface area contributed by atoms with Gasteiger partial charge in [0.05, 0.1) is 0 Å². The quantitative estimate of drug-likeness (QED) is 0.846. The summed E-state index contributed by atoms with van der Waals surface area (Å²) in [6, 6.07) is 15.9. The van der Waals surface area contributed by atoms with Crippen molar-refractivity contribution in [2.24, 2.45) is 0 Å². The van der Waals surface area contributed by atoms with Gasteiger partial charge in [0.1, 0.15) is 0 Å². The lowest BCUT2D eigenvalue weighted by molar-refractivity contribution is -0.116. The van der Waals surface area contributed by atoms with E-state index in [1.807, 2.05) is 36.4 Å². The average Bonchev–Trinajstić information content (AvgIpc) is 2.63. The summed E-state index contributed by atoms with van der Waals surface area (Å²) >= 11 is 5.87. The molecule has 0 bridgehead atoms. The summed E-state index contributed by atoms with van der Waals surface area (Å²) in [7, 11) is 0. The monoisotopic (exact) mass is 342 g/mol. The van der Waals surface area contributed by atoms with Gasteiger partial charge in [0, 0.05) is 23.7 Å². The molecule has 4 heteroatoms. The van der Waals surface area contributed by atoms with Crippen LogP contribution in [0.1, 0.15) is 36.3 Å². The topological polar surface area (TPSA) is 41.1 Å². The maximum absolute atomic E-state index is 12.1. The second kappa shape index (κ2) is 8.32. The molecule has 2 aromatic rings. The molecule has 1 fully saturated rings. The zero-order valence-electron chi connectivity index (χ0n) is 13.7. The number of benzene rings is 2. The average molecular weight is 343 g/mol. The standard InChI is InChI=1S/C20H23ClN2O/c21-18-8-3-15(4-9-18)5-12-20(24)23-19-10-6-16(7-11-19)17-2-1-13-22-14-17/h3-4,6-11,17,22H,1-2,5,12-14H2,(H,23,24)/t17-/m1/s1. The highest BCUT2D eigenvalue weighted by Crippen LogP contribution is 2.24. The SMILES string of the molecule is O=C(CCc1ccc(Cl)cc1)Nc1ccc([C@@H]2CCCNC2)cc1. The van der Waals surface area contributed by atoms with Crippen molar-refractivity contribution >= 4 is 23.2 Å². The van der Waals surface area contributed by atoms with Gasteiger partial charge >= 0.3 is 0 Å². The van der Waals surface area contributed by atoms with Gasteiger partial charge in [-0.1, -0.05) is 35.9 Å². The Bertz CT molecular complexity index is 661. The summed E-state index contributed by atoms with van der Waals surface area (Å²) in [4.78, 5) is 12.1. The van der Waals surface area contributed by atoms with Crippen LogP contribution in [-0.4, -0.2) is 19.0 Å². The van der Waals surface area contributed by atoms with Crippen LogP contribution in [0.4, 0.5) is 5.69 Å². The Morgan fingerprint density at radius 3 is 2.54 bits per heavy atom. The number of rotatable bonds is 5. The highest BCUT2D eigenvalue weighted by molar-refractivity contribution is 6.30. The van der Waals surface area contributed by atoms with Gasteiger partial charge in [0.25, 0.3) is 0 Å². The summed E-state index contributed by atoms with van der Waals surface area (Å²) in [6.07, 6.45) is 3.65. The number of aryl methyl sites for hydroxylation is 1. The number of carbonyl (C=O) groups is 1. The first kappa shape index (κ1) is 17.0. The van der Waals surface area contributed by atoms with Gasteiger partial charge in [-0.2, -0.15) is 0 Å². The maximum Gasteiger partial charge on any atom is 0.224 e. The summed E-state index contributed by atoms with van der Waals surface area (Å²) in [5.41, 5.74) is 3.33. The Labute approximate surface area is 148 Å². The third-order valence-electron chi connectivity index (χ3n) is 4.52. The molecule has 3 rings (SSSR count). The fourth-order valence-corrected chi connectivity index (χ4v) is 3.23. The smallest absolute Gasteiger partial charge is 0.224 e. The highest BCUT2D eigenvalue weighted by Gasteiger charge is 2.14. The fraction of sp³-hybridized carbons (Fsp3) is 0.350. The molecular weight excluding hydrogens is 320 g/mol. The van der Waals surface area contributed by atoms with Gasteiger partial charge in [-0.05, 0) is 67.1 Å². The van der Waals surface area contributed by atoms with Crippen LogP contribution in [0.15, 0.2) is 48.5 Å².